The number of hydrogen-bond donors (Lipinski definition) is 2. The van der Waals surface area contributed by atoms with Gasteiger partial charge in [-0.2, -0.15) is 13.2 Å². The van der Waals surface area contributed by atoms with Crippen LogP contribution in [0.5, 0.6) is 0 Å². The molecule has 2 aromatic rings. The van der Waals surface area contributed by atoms with Gasteiger partial charge in [-0.1, -0.05) is 54.3 Å². The Morgan fingerprint density at radius 2 is 1.42 bits per heavy atom. The number of hydrogen-bond acceptors (Lipinski definition) is 2. The molecule has 0 unspecified atom stereocenters. The summed E-state index contributed by atoms with van der Waals surface area (Å²) in [6.45, 7) is 1.12. The predicted molar refractivity (Wildman–Crippen MR) is 80.1 cm³/mol. The third-order valence-corrected chi connectivity index (χ3v) is 3.48. The summed E-state index contributed by atoms with van der Waals surface area (Å²) in [7, 11) is 0. The van der Waals surface area contributed by atoms with E-state index >= 15 is 0 Å². The highest BCUT2D eigenvalue weighted by Crippen LogP contribution is 2.38. The monoisotopic (exact) mass is 338 g/mol. The highest BCUT2D eigenvalue weighted by Gasteiger charge is 2.54. The van der Waals surface area contributed by atoms with Gasteiger partial charge in [0.25, 0.3) is 0 Å². The van der Waals surface area contributed by atoms with Crippen LogP contribution in [0.3, 0.4) is 0 Å². The molecule has 0 aliphatic rings. The van der Waals surface area contributed by atoms with Crippen LogP contribution in [0.25, 0.3) is 0 Å². The van der Waals surface area contributed by atoms with Gasteiger partial charge in [0.05, 0.1) is 0 Å². The highest BCUT2D eigenvalue weighted by atomic mass is 19.4. The third-order valence-electron chi connectivity index (χ3n) is 3.48. The molecule has 2 aromatic carbocycles. The lowest BCUT2D eigenvalue weighted by Gasteiger charge is -2.26. The summed E-state index contributed by atoms with van der Waals surface area (Å²) in [6.07, 6.45) is -5.08. The van der Waals surface area contributed by atoms with Gasteiger partial charge in [-0.3, -0.25) is 0 Å². The standard InChI is InChI=1S/C18H14F4O2/c1-16(23,14-8-5-9-15(19)12-14)10-11-17(24,18(20,21)22)13-6-3-2-4-7-13/h2-9,12,23-24H,1H3/t16-,17-/m1/s1. The second-order valence-corrected chi connectivity index (χ2v) is 5.41. The second kappa shape index (κ2) is 6.27. The second-order valence-electron chi connectivity index (χ2n) is 5.41. The molecular weight excluding hydrogens is 324 g/mol. The first kappa shape index (κ1) is 18.0. The average molecular weight is 338 g/mol. The van der Waals surface area contributed by atoms with Crippen LogP contribution in [0.4, 0.5) is 17.6 Å². The molecule has 0 bridgehead atoms. The van der Waals surface area contributed by atoms with Crippen molar-refractivity contribution in [3.8, 4) is 11.8 Å². The van der Waals surface area contributed by atoms with Crippen molar-refractivity contribution in [2.45, 2.75) is 24.3 Å². The van der Waals surface area contributed by atoms with Crippen molar-refractivity contribution in [3.05, 3.63) is 71.5 Å². The summed E-state index contributed by atoms with van der Waals surface area (Å²) in [5.41, 5.74) is -6.02. The Balaban J connectivity index is 2.51. The van der Waals surface area contributed by atoms with Gasteiger partial charge in [-0.05, 0) is 24.6 Å². The molecule has 24 heavy (non-hydrogen) atoms. The molecule has 0 saturated carbocycles. The SMILES string of the molecule is C[C@@](O)(C#C[C@@](O)(c1ccccc1)C(F)(F)F)c1cccc(F)c1. The van der Waals surface area contributed by atoms with Crippen molar-refractivity contribution in [2.24, 2.45) is 0 Å². The molecule has 2 N–H and O–H groups in total. The van der Waals surface area contributed by atoms with E-state index in [1.165, 1.54) is 30.3 Å². The molecule has 2 nitrogen and oxygen atoms in total. The largest absolute Gasteiger partial charge is 0.433 e. The minimum Gasteiger partial charge on any atom is -0.374 e. The van der Waals surface area contributed by atoms with Crippen LogP contribution in [-0.2, 0) is 11.2 Å². The lowest BCUT2D eigenvalue weighted by Crippen LogP contribution is -2.41. The fourth-order valence-corrected chi connectivity index (χ4v) is 2.06. The minimum absolute atomic E-state index is 0.0208. The Labute approximate surface area is 136 Å². The molecule has 6 heteroatoms. The van der Waals surface area contributed by atoms with Crippen molar-refractivity contribution in [1.82, 2.24) is 0 Å². The van der Waals surface area contributed by atoms with Gasteiger partial charge in [0.1, 0.15) is 11.4 Å². The van der Waals surface area contributed by atoms with Crippen molar-refractivity contribution in [2.75, 3.05) is 0 Å². The molecule has 0 saturated heterocycles. The van der Waals surface area contributed by atoms with E-state index in [1.807, 2.05) is 5.92 Å². The lowest BCUT2D eigenvalue weighted by molar-refractivity contribution is -0.240. The van der Waals surface area contributed by atoms with Crippen molar-refractivity contribution in [3.63, 3.8) is 0 Å². The summed E-state index contributed by atoms with van der Waals surface area (Å²) in [5, 5.41) is 20.4. The molecule has 0 spiro atoms. The fraction of sp³-hybridized carbons (Fsp3) is 0.222. The van der Waals surface area contributed by atoms with E-state index in [4.69, 9.17) is 0 Å². The molecule has 0 aliphatic heterocycles. The zero-order chi connectivity index (χ0) is 18.0. The molecule has 0 radical (unpaired) electrons. The Hall–Kier alpha value is -2.36. The smallest absolute Gasteiger partial charge is 0.374 e. The number of halogens is 4. The van der Waals surface area contributed by atoms with Gasteiger partial charge in [-0.25, -0.2) is 4.39 Å². The first-order valence-corrected chi connectivity index (χ1v) is 6.94. The number of alkyl halides is 3. The third kappa shape index (κ3) is 3.58. The Morgan fingerprint density at radius 3 is 1.96 bits per heavy atom. The van der Waals surface area contributed by atoms with Gasteiger partial charge < -0.3 is 10.2 Å². The maximum absolute atomic E-state index is 13.3. The van der Waals surface area contributed by atoms with E-state index in [9.17, 15) is 27.8 Å². The summed E-state index contributed by atoms with van der Waals surface area (Å²) in [4.78, 5) is 0. The summed E-state index contributed by atoms with van der Waals surface area (Å²) in [6, 6.07) is 11.0. The molecular formula is C18H14F4O2. The maximum Gasteiger partial charge on any atom is 0.433 e. The van der Waals surface area contributed by atoms with E-state index in [-0.39, 0.29) is 5.56 Å². The van der Waals surface area contributed by atoms with Crippen molar-refractivity contribution < 1.29 is 27.8 Å². The molecule has 2 atom stereocenters. The van der Waals surface area contributed by atoms with Crippen LogP contribution in [-0.4, -0.2) is 16.4 Å². The molecule has 2 rings (SSSR count). The Morgan fingerprint density at radius 1 is 0.833 bits per heavy atom. The van der Waals surface area contributed by atoms with E-state index in [2.05, 4.69) is 0 Å². The number of benzene rings is 2. The molecule has 0 amide bonds. The fourth-order valence-electron chi connectivity index (χ4n) is 2.06. The van der Waals surface area contributed by atoms with Crippen molar-refractivity contribution >= 4 is 0 Å². The van der Waals surface area contributed by atoms with Gasteiger partial charge in [0.15, 0.2) is 0 Å². The lowest BCUT2D eigenvalue weighted by atomic mass is 9.90. The van der Waals surface area contributed by atoms with E-state index in [0.717, 1.165) is 31.2 Å². The van der Waals surface area contributed by atoms with Gasteiger partial charge in [0, 0.05) is 5.56 Å². The van der Waals surface area contributed by atoms with Gasteiger partial charge in [-0.15, -0.1) is 0 Å². The Kier molecular flexibility index (Phi) is 4.70. The topological polar surface area (TPSA) is 40.5 Å². The van der Waals surface area contributed by atoms with Gasteiger partial charge in [0.2, 0.25) is 5.60 Å². The zero-order valence-electron chi connectivity index (χ0n) is 12.6. The van der Waals surface area contributed by atoms with E-state index in [1.54, 1.807) is 5.92 Å². The van der Waals surface area contributed by atoms with Crippen LogP contribution < -0.4 is 0 Å². The number of aliphatic hydroxyl groups is 2. The van der Waals surface area contributed by atoms with Crippen LogP contribution >= 0.6 is 0 Å². The molecule has 0 heterocycles. The quantitative estimate of drug-likeness (QED) is 0.650. The molecule has 126 valence electrons. The van der Waals surface area contributed by atoms with Crippen LogP contribution in [0.2, 0.25) is 0 Å². The van der Waals surface area contributed by atoms with Crippen LogP contribution in [0.1, 0.15) is 18.1 Å². The zero-order valence-corrected chi connectivity index (χ0v) is 12.6. The van der Waals surface area contributed by atoms with Crippen LogP contribution in [0, 0.1) is 17.7 Å². The average Bonchev–Trinajstić information content (AvgIpc) is 2.52. The van der Waals surface area contributed by atoms with E-state index in [0.29, 0.717) is 0 Å². The minimum atomic E-state index is -5.08. The maximum atomic E-state index is 13.3. The number of rotatable bonds is 2. The highest BCUT2D eigenvalue weighted by molar-refractivity contribution is 5.38. The molecule has 0 aromatic heterocycles. The summed E-state index contributed by atoms with van der Waals surface area (Å²) in [5.74, 6) is 3.07. The first-order chi connectivity index (χ1) is 11.1. The molecule has 0 fully saturated rings. The van der Waals surface area contributed by atoms with Gasteiger partial charge >= 0.3 is 6.18 Å². The molecule has 0 aliphatic carbocycles. The van der Waals surface area contributed by atoms with Crippen molar-refractivity contribution in [1.29, 1.82) is 0 Å². The summed E-state index contributed by atoms with van der Waals surface area (Å²) < 4.78 is 53.3. The first-order valence-electron chi connectivity index (χ1n) is 6.94. The predicted octanol–water partition coefficient (Wildman–Crippen LogP) is 3.49. The Bertz CT molecular complexity index is 773. The van der Waals surface area contributed by atoms with E-state index < -0.39 is 28.8 Å². The van der Waals surface area contributed by atoms with Crippen LogP contribution in [0.15, 0.2) is 54.6 Å². The summed E-state index contributed by atoms with van der Waals surface area (Å²) >= 11 is 0. The normalized spacial score (nSPS) is 16.5.